The summed E-state index contributed by atoms with van der Waals surface area (Å²) >= 11 is 0. The molecule has 2 amide bonds. The predicted molar refractivity (Wildman–Crippen MR) is 156 cm³/mol. The number of amides is 2. The number of nitrogens with zero attached hydrogens (tertiary/aromatic N) is 2. The van der Waals surface area contributed by atoms with E-state index in [1.165, 1.54) is 11.8 Å². The zero-order chi connectivity index (χ0) is 34.7. The molecule has 17 heteroatoms. The van der Waals surface area contributed by atoms with Gasteiger partial charge in [-0.25, -0.2) is 13.2 Å². The first-order chi connectivity index (χ1) is 21.1. The molecule has 2 N–H and O–H groups in total. The van der Waals surface area contributed by atoms with Gasteiger partial charge in [0, 0.05) is 37.8 Å². The van der Waals surface area contributed by atoms with E-state index in [1.807, 2.05) is 5.43 Å². The van der Waals surface area contributed by atoms with Crippen molar-refractivity contribution in [2.24, 2.45) is 0 Å². The Kier molecular flexibility index (Phi) is 11.1. The highest BCUT2D eigenvalue weighted by Crippen LogP contribution is 2.34. The number of nitrogens with one attached hydrogen (secondary N) is 2. The second-order valence-electron chi connectivity index (χ2n) is 11.7. The third-order valence-electron chi connectivity index (χ3n) is 6.99. The number of alkyl halides is 6. The van der Waals surface area contributed by atoms with Crippen LogP contribution in [0.1, 0.15) is 62.0 Å². The Bertz CT molecular complexity index is 1530. The van der Waals surface area contributed by atoms with Gasteiger partial charge in [-0.3, -0.25) is 20.5 Å². The molecular formula is C29H36F6N4O6S. The Balaban J connectivity index is 1.80. The van der Waals surface area contributed by atoms with Crippen LogP contribution in [-0.2, 0) is 27.3 Å². The number of carbonyl (C=O) groups is 2. The Labute approximate surface area is 262 Å². The zero-order valence-corrected chi connectivity index (χ0v) is 26.6. The van der Waals surface area contributed by atoms with Crippen LogP contribution >= 0.6 is 0 Å². The fourth-order valence-corrected chi connectivity index (χ4v) is 5.79. The molecule has 0 radical (unpaired) electrons. The number of likely N-dealkylation sites (N-methyl/N-ethyl adjacent to an activating group) is 1. The number of ether oxygens (including phenoxy) is 2. The van der Waals surface area contributed by atoms with Crippen LogP contribution in [0.25, 0.3) is 0 Å². The maximum Gasteiger partial charge on any atom is 0.573 e. The molecule has 1 heterocycles. The van der Waals surface area contributed by atoms with Gasteiger partial charge >= 0.3 is 18.6 Å². The van der Waals surface area contributed by atoms with Gasteiger partial charge < -0.3 is 14.4 Å². The number of hydrogen-bond donors (Lipinski definition) is 2. The molecule has 2 aromatic rings. The van der Waals surface area contributed by atoms with Crippen molar-refractivity contribution in [1.82, 2.24) is 15.2 Å². The number of anilines is 1. The van der Waals surface area contributed by atoms with Crippen LogP contribution in [-0.4, -0.2) is 74.1 Å². The van der Waals surface area contributed by atoms with Gasteiger partial charge in [-0.15, -0.1) is 13.2 Å². The molecule has 2 aromatic carbocycles. The van der Waals surface area contributed by atoms with E-state index in [4.69, 9.17) is 4.74 Å². The number of benzene rings is 2. The van der Waals surface area contributed by atoms with Crippen LogP contribution in [0.2, 0.25) is 0 Å². The largest absolute Gasteiger partial charge is 0.573 e. The first-order valence-electron chi connectivity index (χ1n) is 14.2. The van der Waals surface area contributed by atoms with Crippen LogP contribution in [0.3, 0.4) is 0 Å². The standard InChI is InChI=1S/C29H36F6N4O6S/c1-6-46(42,43)24-12-11-21(44-29(33,34)35)15-23(24)36-37-25(40)18-9-10-19(22(14-18)28(30,31)32)16-39-13-7-8-20(17-39)38(5)26(41)45-27(2,3)4/h9-12,14-15,20,36H,6-8,13,16-17H2,1-5H3,(H,37,40)/t20-/m0/s1. The number of likely N-dealkylation sites (tertiary alicyclic amines) is 1. The van der Waals surface area contributed by atoms with Crippen molar-refractivity contribution < 1.29 is 53.8 Å². The highest BCUT2D eigenvalue weighted by Gasteiger charge is 2.36. The van der Waals surface area contributed by atoms with Crippen molar-refractivity contribution in [3.8, 4) is 5.75 Å². The van der Waals surface area contributed by atoms with Crippen molar-refractivity contribution in [1.29, 1.82) is 0 Å². The molecule has 1 fully saturated rings. The number of hydrogen-bond acceptors (Lipinski definition) is 8. The third kappa shape index (κ3) is 10.1. The number of halogens is 6. The first kappa shape index (κ1) is 36.7. The van der Waals surface area contributed by atoms with Crippen LogP contribution < -0.4 is 15.6 Å². The molecule has 0 unspecified atom stereocenters. The van der Waals surface area contributed by atoms with Crippen LogP contribution in [0.5, 0.6) is 5.75 Å². The fraction of sp³-hybridized carbons (Fsp3) is 0.517. The summed E-state index contributed by atoms with van der Waals surface area (Å²) in [6, 6.07) is 4.93. The van der Waals surface area contributed by atoms with Gasteiger partial charge in [0.1, 0.15) is 11.4 Å². The highest BCUT2D eigenvalue weighted by atomic mass is 32.2. The normalized spacial score (nSPS) is 16.5. The van der Waals surface area contributed by atoms with E-state index in [1.54, 1.807) is 32.7 Å². The molecule has 1 atom stereocenters. The SMILES string of the molecule is CCS(=O)(=O)c1ccc(OC(F)(F)F)cc1NNC(=O)c1ccc(CN2CCC[C@H](N(C)C(=O)OC(C)(C)C)C2)c(C(F)(F)F)c1. The average Bonchev–Trinajstić information content (AvgIpc) is 2.93. The third-order valence-corrected chi connectivity index (χ3v) is 8.78. The van der Waals surface area contributed by atoms with Gasteiger partial charge in [0.05, 0.1) is 21.9 Å². The lowest BCUT2D eigenvalue weighted by Gasteiger charge is -2.38. The smallest absolute Gasteiger partial charge is 0.444 e. The Morgan fingerprint density at radius 3 is 2.30 bits per heavy atom. The van der Waals surface area contributed by atoms with E-state index in [0.29, 0.717) is 38.1 Å². The summed E-state index contributed by atoms with van der Waals surface area (Å²) < 4.78 is 115. The lowest BCUT2D eigenvalue weighted by atomic mass is 10.00. The second-order valence-corrected chi connectivity index (χ2v) is 13.9. The van der Waals surface area contributed by atoms with Gasteiger partial charge in [0.2, 0.25) is 0 Å². The molecule has 3 rings (SSSR count). The maximum absolute atomic E-state index is 14.2. The van der Waals surface area contributed by atoms with Gasteiger partial charge in [-0.05, 0) is 70.0 Å². The highest BCUT2D eigenvalue weighted by molar-refractivity contribution is 7.91. The van der Waals surface area contributed by atoms with Crippen molar-refractivity contribution in [3.05, 3.63) is 53.1 Å². The molecule has 1 saturated heterocycles. The minimum Gasteiger partial charge on any atom is -0.444 e. The van der Waals surface area contributed by atoms with E-state index < -0.39 is 73.2 Å². The molecule has 0 aliphatic carbocycles. The summed E-state index contributed by atoms with van der Waals surface area (Å²) in [7, 11) is -2.43. The van der Waals surface area contributed by atoms with Crippen molar-refractivity contribution in [3.63, 3.8) is 0 Å². The van der Waals surface area contributed by atoms with Gasteiger partial charge in [0.15, 0.2) is 9.84 Å². The van der Waals surface area contributed by atoms with E-state index >= 15 is 0 Å². The monoisotopic (exact) mass is 682 g/mol. The van der Waals surface area contributed by atoms with Crippen LogP contribution in [0.15, 0.2) is 41.3 Å². The molecule has 10 nitrogen and oxygen atoms in total. The van der Waals surface area contributed by atoms with E-state index in [0.717, 1.165) is 24.3 Å². The van der Waals surface area contributed by atoms with E-state index in [9.17, 15) is 44.3 Å². The quantitative estimate of drug-likeness (QED) is 0.245. The van der Waals surface area contributed by atoms with Gasteiger partial charge in [-0.2, -0.15) is 13.2 Å². The second kappa shape index (κ2) is 13.9. The maximum atomic E-state index is 14.2. The first-order valence-corrected chi connectivity index (χ1v) is 15.8. The summed E-state index contributed by atoms with van der Waals surface area (Å²) in [6.45, 7) is 7.11. The van der Waals surface area contributed by atoms with Crippen molar-refractivity contribution in [2.75, 3.05) is 31.3 Å². The Hall–Kier alpha value is -3.73. The summed E-state index contributed by atoms with van der Waals surface area (Å²) in [5.41, 5.74) is 1.39. The number of piperidine rings is 1. The van der Waals surface area contributed by atoms with Gasteiger partial charge in [-0.1, -0.05) is 13.0 Å². The molecule has 0 saturated carbocycles. The van der Waals surface area contributed by atoms with Crippen LogP contribution in [0.4, 0.5) is 36.8 Å². The number of rotatable bonds is 9. The summed E-state index contributed by atoms with van der Waals surface area (Å²) in [5, 5.41) is 0. The lowest BCUT2D eigenvalue weighted by molar-refractivity contribution is -0.274. The van der Waals surface area contributed by atoms with Crippen molar-refractivity contribution >= 4 is 27.5 Å². The molecule has 46 heavy (non-hydrogen) atoms. The number of sulfone groups is 1. The van der Waals surface area contributed by atoms with E-state index in [-0.39, 0.29) is 18.2 Å². The average molecular weight is 683 g/mol. The molecular weight excluding hydrogens is 646 g/mol. The number of carbonyl (C=O) groups excluding carboxylic acids is 2. The predicted octanol–water partition coefficient (Wildman–Crippen LogP) is 5.99. The fourth-order valence-electron chi connectivity index (χ4n) is 4.76. The van der Waals surface area contributed by atoms with Crippen molar-refractivity contribution in [2.45, 2.75) is 76.2 Å². The zero-order valence-electron chi connectivity index (χ0n) is 25.8. The van der Waals surface area contributed by atoms with E-state index in [2.05, 4.69) is 10.2 Å². The molecule has 256 valence electrons. The minimum atomic E-state index is -5.09. The number of hydrazine groups is 1. The molecule has 1 aliphatic heterocycles. The summed E-state index contributed by atoms with van der Waals surface area (Å²) in [4.78, 5) is 28.1. The van der Waals surface area contributed by atoms with Gasteiger partial charge in [0.25, 0.3) is 5.91 Å². The summed E-state index contributed by atoms with van der Waals surface area (Å²) in [6.07, 6.45) is -9.23. The Morgan fingerprint density at radius 1 is 1.04 bits per heavy atom. The molecule has 0 bridgehead atoms. The van der Waals surface area contributed by atoms with Crippen LogP contribution in [0, 0.1) is 0 Å². The molecule has 0 spiro atoms. The Morgan fingerprint density at radius 2 is 1.72 bits per heavy atom. The summed E-state index contributed by atoms with van der Waals surface area (Å²) in [5.74, 6) is -2.34. The molecule has 0 aromatic heterocycles. The lowest BCUT2D eigenvalue weighted by Crippen LogP contribution is -2.49. The minimum absolute atomic E-state index is 0.120. The molecule has 1 aliphatic rings. The topological polar surface area (TPSA) is 117 Å².